The number of ether oxygens (including phenoxy) is 1. The number of piperidine rings is 2. The minimum absolute atomic E-state index is 0.315. The second kappa shape index (κ2) is 9.81. The summed E-state index contributed by atoms with van der Waals surface area (Å²) in [7, 11) is 0. The van der Waals surface area contributed by atoms with Gasteiger partial charge in [-0.05, 0) is 38.3 Å². The van der Waals surface area contributed by atoms with Crippen LogP contribution in [0.3, 0.4) is 0 Å². The van der Waals surface area contributed by atoms with Crippen LogP contribution in [-0.4, -0.2) is 87.0 Å². The number of hydrogen-bond donors (Lipinski definition) is 2. The Morgan fingerprint density at radius 2 is 1.95 bits per heavy atom. The van der Waals surface area contributed by atoms with Crippen molar-refractivity contribution in [2.45, 2.75) is 50.0 Å². The molecule has 2 atom stereocenters. The van der Waals surface area contributed by atoms with Crippen molar-refractivity contribution in [2.75, 3.05) is 49.6 Å². The fourth-order valence-electron chi connectivity index (χ4n) is 5.31. The summed E-state index contributed by atoms with van der Waals surface area (Å²) in [5, 5.41) is 19.6. The average Bonchev–Trinajstić information content (AvgIpc) is 3.18. The van der Waals surface area contributed by atoms with Gasteiger partial charge in [0, 0.05) is 37.8 Å². The van der Waals surface area contributed by atoms with Crippen LogP contribution >= 0.6 is 23.2 Å². The summed E-state index contributed by atoms with van der Waals surface area (Å²) in [6.07, 6.45) is 4.19. The Labute approximate surface area is 224 Å². The lowest BCUT2D eigenvalue weighted by Crippen LogP contribution is -2.55. The van der Waals surface area contributed by atoms with Crippen LogP contribution in [0.1, 0.15) is 32.2 Å². The summed E-state index contributed by atoms with van der Waals surface area (Å²) < 4.78 is 21.9. The standard InChI is InChI=1S/C25H30Cl2FN7O2/c1-25(36)3-6-33(7-4-25)22-9-19-15(8-17(22)26)10-29-24(31-19)32-20-11-30-35(23(20)27)21-2-5-34(12-18(21)28)16-13-37-14-16/h8-11,16,18,21,36H,2-7,12-14H2,1H3,(H,29,31,32)/t18-,21-/m0/s1. The molecule has 0 amide bonds. The molecule has 3 aromatic rings. The number of aromatic nitrogens is 4. The van der Waals surface area contributed by atoms with Crippen molar-refractivity contribution in [3.8, 4) is 0 Å². The molecule has 2 N–H and O–H groups in total. The molecule has 3 fully saturated rings. The van der Waals surface area contributed by atoms with Crippen molar-refractivity contribution in [2.24, 2.45) is 0 Å². The molecule has 198 valence electrons. The highest BCUT2D eigenvalue weighted by Crippen LogP contribution is 2.36. The van der Waals surface area contributed by atoms with Crippen LogP contribution < -0.4 is 10.2 Å². The molecular formula is C25H30Cl2FN7O2. The van der Waals surface area contributed by atoms with Gasteiger partial charge in [-0.3, -0.25) is 4.90 Å². The molecule has 9 nitrogen and oxygen atoms in total. The minimum Gasteiger partial charge on any atom is -0.390 e. The third-order valence-electron chi connectivity index (χ3n) is 7.80. The fraction of sp³-hybridized carbons (Fsp3) is 0.560. The first-order valence-corrected chi connectivity index (χ1v) is 13.4. The van der Waals surface area contributed by atoms with Crippen LogP contribution in [0.4, 0.5) is 21.7 Å². The summed E-state index contributed by atoms with van der Waals surface area (Å²) in [6.45, 7) is 5.78. The Kier molecular flexibility index (Phi) is 6.65. The van der Waals surface area contributed by atoms with E-state index in [1.54, 1.807) is 17.1 Å². The quantitative estimate of drug-likeness (QED) is 0.489. The zero-order valence-corrected chi connectivity index (χ0v) is 22.1. The number of likely N-dealkylation sites (tertiary alicyclic amines) is 1. The van der Waals surface area contributed by atoms with Crippen molar-refractivity contribution in [1.29, 1.82) is 0 Å². The van der Waals surface area contributed by atoms with Crippen LogP contribution in [-0.2, 0) is 4.74 Å². The van der Waals surface area contributed by atoms with Gasteiger partial charge in [-0.25, -0.2) is 19.0 Å². The lowest BCUT2D eigenvalue weighted by molar-refractivity contribution is -0.0847. The van der Waals surface area contributed by atoms with E-state index in [4.69, 9.17) is 27.9 Å². The highest BCUT2D eigenvalue weighted by atomic mass is 35.5. The SMILES string of the molecule is CC1(O)CCN(c2cc3nc(Nc4cnn([C@H]5CCN(C6COC6)C[C@@H]5F)c4Cl)ncc3cc2Cl)CC1. The molecule has 0 spiro atoms. The van der Waals surface area contributed by atoms with Gasteiger partial charge in [0.05, 0.1) is 59.0 Å². The van der Waals surface area contributed by atoms with E-state index in [0.29, 0.717) is 80.0 Å². The van der Waals surface area contributed by atoms with Crippen molar-refractivity contribution in [3.05, 3.63) is 34.7 Å². The van der Waals surface area contributed by atoms with Crippen molar-refractivity contribution in [1.82, 2.24) is 24.6 Å². The summed E-state index contributed by atoms with van der Waals surface area (Å²) in [4.78, 5) is 13.4. The topological polar surface area (TPSA) is 91.6 Å². The third kappa shape index (κ3) is 4.97. The molecule has 3 aliphatic heterocycles. The number of aliphatic hydroxyl groups is 1. The van der Waals surface area contributed by atoms with E-state index in [1.165, 1.54) is 0 Å². The van der Waals surface area contributed by atoms with Gasteiger partial charge in [-0.1, -0.05) is 23.2 Å². The third-order valence-corrected chi connectivity index (χ3v) is 8.48. The Bertz CT molecular complexity index is 1290. The number of benzene rings is 1. The maximum atomic E-state index is 15.1. The molecule has 6 rings (SSSR count). The Morgan fingerprint density at radius 3 is 2.65 bits per heavy atom. The smallest absolute Gasteiger partial charge is 0.227 e. The number of halogens is 3. The van der Waals surface area contributed by atoms with E-state index in [-0.39, 0.29) is 0 Å². The predicted molar refractivity (Wildman–Crippen MR) is 142 cm³/mol. The number of fused-ring (bicyclic) bond motifs is 1. The zero-order valence-electron chi connectivity index (χ0n) is 20.6. The lowest BCUT2D eigenvalue weighted by Gasteiger charge is -2.42. The minimum atomic E-state index is -1.07. The molecule has 3 aliphatic rings. The maximum absolute atomic E-state index is 15.1. The van der Waals surface area contributed by atoms with Crippen molar-refractivity contribution in [3.63, 3.8) is 0 Å². The largest absolute Gasteiger partial charge is 0.390 e. The summed E-state index contributed by atoms with van der Waals surface area (Å²) >= 11 is 13.2. The molecule has 2 aromatic heterocycles. The van der Waals surface area contributed by atoms with E-state index in [0.717, 1.165) is 23.1 Å². The maximum Gasteiger partial charge on any atom is 0.227 e. The molecule has 37 heavy (non-hydrogen) atoms. The van der Waals surface area contributed by atoms with Crippen LogP contribution in [0.5, 0.6) is 0 Å². The zero-order chi connectivity index (χ0) is 25.7. The molecule has 0 aliphatic carbocycles. The van der Waals surface area contributed by atoms with Crippen LogP contribution in [0, 0.1) is 0 Å². The fourth-order valence-corrected chi connectivity index (χ4v) is 5.87. The molecule has 0 unspecified atom stereocenters. The van der Waals surface area contributed by atoms with Crippen molar-refractivity contribution >= 4 is 51.4 Å². The van der Waals surface area contributed by atoms with Crippen LogP contribution in [0.15, 0.2) is 24.5 Å². The van der Waals surface area contributed by atoms with Gasteiger partial charge >= 0.3 is 0 Å². The number of rotatable bonds is 5. The van der Waals surface area contributed by atoms with Gasteiger partial charge in [-0.2, -0.15) is 5.10 Å². The van der Waals surface area contributed by atoms with Crippen LogP contribution in [0.25, 0.3) is 10.9 Å². The Balaban J connectivity index is 1.19. The van der Waals surface area contributed by atoms with Crippen LogP contribution in [0.2, 0.25) is 10.2 Å². The van der Waals surface area contributed by atoms with E-state index in [9.17, 15) is 5.11 Å². The number of nitrogens with one attached hydrogen (secondary N) is 1. The highest BCUT2D eigenvalue weighted by molar-refractivity contribution is 6.34. The normalized spacial score (nSPS) is 24.8. The van der Waals surface area contributed by atoms with E-state index in [1.807, 2.05) is 19.1 Å². The predicted octanol–water partition coefficient (Wildman–Crippen LogP) is 4.21. The Morgan fingerprint density at radius 1 is 1.16 bits per heavy atom. The summed E-state index contributed by atoms with van der Waals surface area (Å²) in [5.74, 6) is 0.361. The number of nitrogens with zero attached hydrogens (tertiary/aromatic N) is 6. The lowest BCUT2D eigenvalue weighted by atomic mass is 9.93. The van der Waals surface area contributed by atoms with Gasteiger partial charge < -0.3 is 20.1 Å². The molecule has 3 saturated heterocycles. The van der Waals surface area contributed by atoms with Gasteiger partial charge in [0.25, 0.3) is 0 Å². The molecule has 1 aromatic carbocycles. The highest BCUT2D eigenvalue weighted by Gasteiger charge is 2.37. The first-order valence-electron chi connectivity index (χ1n) is 12.7. The van der Waals surface area contributed by atoms with E-state index < -0.39 is 17.8 Å². The molecule has 0 saturated carbocycles. The molecule has 12 heteroatoms. The molecular weight excluding hydrogens is 520 g/mol. The average molecular weight is 550 g/mol. The van der Waals surface area contributed by atoms with Gasteiger partial charge in [0.2, 0.25) is 5.95 Å². The first-order chi connectivity index (χ1) is 17.8. The number of hydrogen-bond acceptors (Lipinski definition) is 8. The van der Waals surface area contributed by atoms with Crippen molar-refractivity contribution < 1.29 is 14.2 Å². The Hall–Kier alpha value is -2.24. The van der Waals surface area contributed by atoms with Gasteiger partial charge in [-0.15, -0.1) is 0 Å². The number of anilines is 3. The summed E-state index contributed by atoms with van der Waals surface area (Å²) in [6, 6.07) is 3.70. The number of alkyl halides is 1. The molecule has 5 heterocycles. The first kappa shape index (κ1) is 25.1. The molecule has 0 bridgehead atoms. The van der Waals surface area contributed by atoms with E-state index >= 15 is 4.39 Å². The monoisotopic (exact) mass is 549 g/mol. The second-order valence-corrected chi connectivity index (χ2v) is 11.3. The van der Waals surface area contributed by atoms with Gasteiger partial charge in [0.1, 0.15) is 6.17 Å². The molecule has 0 radical (unpaired) electrons. The van der Waals surface area contributed by atoms with Gasteiger partial charge in [0.15, 0.2) is 5.15 Å². The summed E-state index contributed by atoms with van der Waals surface area (Å²) in [5.41, 5.74) is 1.49. The second-order valence-electron chi connectivity index (χ2n) is 10.5. The van der Waals surface area contributed by atoms with E-state index in [2.05, 4.69) is 30.2 Å².